The van der Waals surface area contributed by atoms with E-state index in [0.717, 1.165) is 0 Å². The van der Waals surface area contributed by atoms with E-state index in [2.05, 4.69) is 10.5 Å². The Balaban J connectivity index is 4.11. The lowest BCUT2D eigenvalue weighted by Gasteiger charge is -2.21. The minimum absolute atomic E-state index is 0.167. The molecule has 2 amide bonds. The number of nitrogens with zero attached hydrogens (tertiary/aromatic N) is 1. The third-order valence-electron chi connectivity index (χ3n) is 2.20. The first-order valence-corrected chi connectivity index (χ1v) is 4.87. The molecule has 0 radical (unpaired) electrons. The van der Waals surface area contributed by atoms with Crippen LogP contribution in [0.5, 0.6) is 0 Å². The van der Waals surface area contributed by atoms with Crippen molar-refractivity contribution >= 4 is 17.6 Å². The average molecular weight is 230 g/mol. The molecule has 16 heavy (non-hydrogen) atoms. The van der Waals surface area contributed by atoms with Crippen molar-refractivity contribution in [2.75, 3.05) is 6.54 Å². The van der Waals surface area contributed by atoms with Gasteiger partial charge in [0.1, 0.15) is 5.41 Å². The molecule has 7 heteroatoms. The van der Waals surface area contributed by atoms with Gasteiger partial charge in [-0.05, 0) is 20.3 Å². The summed E-state index contributed by atoms with van der Waals surface area (Å²) in [5, 5.41) is 13.9. The molecule has 0 heterocycles. The molecule has 0 bridgehead atoms. The maximum Gasteiger partial charge on any atom is 0.233 e. The van der Waals surface area contributed by atoms with Gasteiger partial charge in [-0.15, -0.1) is 0 Å². The van der Waals surface area contributed by atoms with Crippen LogP contribution in [0.3, 0.4) is 0 Å². The number of nitrogens with two attached hydrogens (primary N) is 2. The zero-order valence-electron chi connectivity index (χ0n) is 9.49. The van der Waals surface area contributed by atoms with Crippen molar-refractivity contribution < 1.29 is 14.8 Å². The Kier molecular flexibility index (Phi) is 5.27. The highest BCUT2D eigenvalue weighted by atomic mass is 16.4. The van der Waals surface area contributed by atoms with E-state index in [0.29, 0.717) is 13.0 Å². The van der Waals surface area contributed by atoms with E-state index in [1.165, 1.54) is 13.8 Å². The summed E-state index contributed by atoms with van der Waals surface area (Å²) in [6.07, 6.45) is 0.678. The van der Waals surface area contributed by atoms with E-state index < -0.39 is 11.3 Å². The molecule has 0 unspecified atom stereocenters. The molecule has 0 fully saturated rings. The summed E-state index contributed by atoms with van der Waals surface area (Å²) >= 11 is 0. The normalized spacial score (nSPS) is 12.2. The minimum atomic E-state index is -1.08. The van der Waals surface area contributed by atoms with E-state index in [1.54, 1.807) is 0 Å². The van der Waals surface area contributed by atoms with Gasteiger partial charge in [0.2, 0.25) is 11.8 Å². The van der Waals surface area contributed by atoms with Crippen LogP contribution in [0.15, 0.2) is 5.16 Å². The third-order valence-corrected chi connectivity index (χ3v) is 2.20. The van der Waals surface area contributed by atoms with Crippen molar-refractivity contribution in [3.8, 4) is 0 Å². The van der Waals surface area contributed by atoms with Crippen LogP contribution < -0.4 is 16.8 Å². The molecule has 0 saturated heterocycles. The van der Waals surface area contributed by atoms with Crippen molar-refractivity contribution in [3.63, 3.8) is 0 Å². The fourth-order valence-corrected chi connectivity index (χ4v) is 0.927. The molecule has 0 rings (SSSR count). The molecule has 92 valence electrons. The molecule has 7 nitrogen and oxygen atoms in total. The molecule has 0 aliphatic heterocycles. The zero-order chi connectivity index (χ0) is 12.8. The molecule has 0 aliphatic rings. The summed E-state index contributed by atoms with van der Waals surface area (Å²) in [5.41, 5.74) is 9.23. The van der Waals surface area contributed by atoms with Gasteiger partial charge in [0.15, 0.2) is 5.84 Å². The van der Waals surface area contributed by atoms with Crippen LogP contribution in [0.4, 0.5) is 0 Å². The van der Waals surface area contributed by atoms with Crippen LogP contribution in [-0.2, 0) is 9.59 Å². The predicted molar refractivity (Wildman–Crippen MR) is 58.6 cm³/mol. The van der Waals surface area contributed by atoms with Gasteiger partial charge >= 0.3 is 0 Å². The topological polar surface area (TPSA) is 131 Å². The van der Waals surface area contributed by atoms with Crippen LogP contribution in [0.1, 0.15) is 26.7 Å². The number of amidine groups is 1. The zero-order valence-corrected chi connectivity index (χ0v) is 9.49. The first-order chi connectivity index (χ1) is 7.32. The lowest BCUT2D eigenvalue weighted by atomic mass is 9.91. The van der Waals surface area contributed by atoms with E-state index in [9.17, 15) is 9.59 Å². The first-order valence-electron chi connectivity index (χ1n) is 4.87. The summed E-state index contributed by atoms with van der Waals surface area (Å²) in [6.45, 7) is 3.39. The Hall–Kier alpha value is -1.79. The number of oxime groups is 1. The average Bonchev–Trinajstić information content (AvgIpc) is 2.22. The van der Waals surface area contributed by atoms with Gasteiger partial charge in [-0.1, -0.05) is 5.16 Å². The molecule has 0 aliphatic carbocycles. The number of carbonyl (C=O) groups is 2. The second-order valence-corrected chi connectivity index (χ2v) is 3.94. The second kappa shape index (κ2) is 5.94. The standard InChI is InChI=1S/C9H18N4O3/c1-9(2,7(11)13-16)8(15)12-5-3-4-6(10)14/h16H,3-5H2,1-2H3,(H2,10,14)(H2,11,13)(H,12,15). The SMILES string of the molecule is CC(C)(C(=O)NCCCC(N)=O)C(N)=NO. The highest BCUT2D eigenvalue weighted by Crippen LogP contribution is 2.14. The smallest absolute Gasteiger partial charge is 0.233 e. The molecule has 0 aromatic carbocycles. The molecule has 0 aromatic heterocycles. The summed E-state index contributed by atoms with van der Waals surface area (Å²) in [4.78, 5) is 22.0. The molecular weight excluding hydrogens is 212 g/mol. The summed E-state index contributed by atoms with van der Waals surface area (Å²) in [5.74, 6) is -0.947. The molecule has 0 saturated carbocycles. The van der Waals surface area contributed by atoms with Gasteiger partial charge in [0.25, 0.3) is 0 Å². The van der Waals surface area contributed by atoms with Crippen LogP contribution in [0, 0.1) is 5.41 Å². The number of hydrogen-bond donors (Lipinski definition) is 4. The van der Waals surface area contributed by atoms with E-state index in [4.69, 9.17) is 16.7 Å². The summed E-state index contributed by atoms with van der Waals surface area (Å²) < 4.78 is 0. The van der Waals surface area contributed by atoms with Crippen molar-refractivity contribution in [2.45, 2.75) is 26.7 Å². The molecule has 6 N–H and O–H groups in total. The molecular formula is C9H18N4O3. The lowest BCUT2D eigenvalue weighted by Crippen LogP contribution is -2.46. The first kappa shape index (κ1) is 14.2. The summed E-state index contributed by atoms with van der Waals surface area (Å²) in [7, 11) is 0. The van der Waals surface area contributed by atoms with Crippen LogP contribution >= 0.6 is 0 Å². The maximum absolute atomic E-state index is 11.6. The van der Waals surface area contributed by atoms with Crippen molar-refractivity contribution in [3.05, 3.63) is 0 Å². The van der Waals surface area contributed by atoms with Gasteiger partial charge in [-0.2, -0.15) is 0 Å². The number of nitrogens with one attached hydrogen (secondary N) is 1. The highest BCUT2D eigenvalue weighted by molar-refractivity contribution is 6.05. The third kappa shape index (κ3) is 4.16. The van der Waals surface area contributed by atoms with Gasteiger partial charge < -0.3 is 22.0 Å². The maximum atomic E-state index is 11.6. The Morgan fingerprint density at radius 3 is 2.38 bits per heavy atom. The number of primary amides is 1. The molecule has 0 spiro atoms. The van der Waals surface area contributed by atoms with Crippen molar-refractivity contribution in [2.24, 2.45) is 22.0 Å². The largest absolute Gasteiger partial charge is 0.409 e. The highest BCUT2D eigenvalue weighted by Gasteiger charge is 2.32. The minimum Gasteiger partial charge on any atom is -0.409 e. The van der Waals surface area contributed by atoms with E-state index in [-0.39, 0.29) is 18.2 Å². The van der Waals surface area contributed by atoms with Gasteiger partial charge in [-0.25, -0.2) is 0 Å². The van der Waals surface area contributed by atoms with E-state index in [1.807, 2.05) is 0 Å². The Labute approximate surface area is 93.9 Å². The number of hydrogen-bond acceptors (Lipinski definition) is 4. The number of carbonyl (C=O) groups excluding carboxylic acids is 2. The monoisotopic (exact) mass is 230 g/mol. The molecule has 0 atom stereocenters. The summed E-state index contributed by atoms with van der Waals surface area (Å²) in [6, 6.07) is 0. The van der Waals surface area contributed by atoms with E-state index >= 15 is 0 Å². The Morgan fingerprint density at radius 2 is 1.94 bits per heavy atom. The second-order valence-electron chi connectivity index (χ2n) is 3.94. The Morgan fingerprint density at radius 1 is 1.38 bits per heavy atom. The fraction of sp³-hybridized carbons (Fsp3) is 0.667. The number of amides is 2. The van der Waals surface area contributed by atoms with Gasteiger partial charge in [0.05, 0.1) is 0 Å². The van der Waals surface area contributed by atoms with Crippen LogP contribution in [0.2, 0.25) is 0 Å². The predicted octanol–water partition coefficient (Wildman–Crippen LogP) is -0.859. The van der Waals surface area contributed by atoms with Gasteiger partial charge in [-0.3, -0.25) is 9.59 Å². The fourth-order valence-electron chi connectivity index (χ4n) is 0.927. The molecule has 0 aromatic rings. The van der Waals surface area contributed by atoms with Crippen LogP contribution in [-0.4, -0.2) is 29.4 Å². The number of rotatable bonds is 6. The van der Waals surface area contributed by atoms with Gasteiger partial charge in [0, 0.05) is 13.0 Å². The Bertz CT molecular complexity index is 299. The van der Waals surface area contributed by atoms with Crippen LogP contribution in [0.25, 0.3) is 0 Å². The van der Waals surface area contributed by atoms with Crippen molar-refractivity contribution in [1.29, 1.82) is 0 Å². The lowest BCUT2D eigenvalue weighted by molar-refractivity contribution is -0.126. The van der Waals surface area contributed by atoms with Crippen molar-refractivity contribution in [1.82, 2.24) is 5.32 Å². The quantitative estimate of drug-likeness (QED) is 0.155.